The lowest BCUT2D eigenvalue weighted by atomic mass is 10.00. The first-order valence-electron chi connectivity index (χ1n) is 5.94. The lowest BCUT2D eigenvalue weighted by Gasteiger charge is -2.13. The first-order chi connectivity index (χ1) is 9.26. The zero-order valence-corrected chi connectivity index (χ0v) is 11.8. The summed E-state index contributed by atoms with van der Waals surface area (Å²) < 4.78 is 40.1. The maximum atomic E-state index is 12.1. The van der Waals surface area contributed by atoms with Gasteiger partial charge in [0.25, 0.3) is 0 Å². The van der Waals surface area contributed by atoms with E-state index < -0.39 is 6.36 Å². The van der Waals surface area contributed by atoms with E-state index in [1.807, 2.05) is 19.9 Å². The number of ether oxygens (including phenoxy) is 1. The molecule has 0 saturated heterocycles. The van der Waals surface area contributed by atoms with Gasteiger partial charge < -0.3 is 10.5 Å². The van der Waals surface area contributed by atoms with Gasteiger partial charge in [0, 0.05) is 9.75 Å². The Labute approximate surface area is 119 Å². The molecule has 1 aromatic carbocycles. The molecule has 0 aliphatic heterocycles. The minimum absolute atomic E-state index is 0.244. The van der Waals surface area contributed by atoms with Crippen LogP contribution < -0.4 is 10.5 Å². The Morgan fingerprint density at radius 3 is 2.20 bits per heavy atom. The smallest absolute Gasteiger partial charge is 0.406 e. The Balaban J connectivity index is 2.19. The number of benzene rings is 1. The highest BCUT2D eigenvalue weighted by atomic mass is 32.1. The summed E-state index contributed by atoms with van der Waals surface area (Å²) in [6, 6.07) is 7.32. The van der Waals surface area contributed by atoms with Gasteiger partial charge in [-0.25, -0.2) is 0 Å². The number of hydrogen-bond donors (Lipinski definition) is 1. The molecule has 0 aliphatic carbocycles. The second kappa shape index (κ2) is 5.46. The normalized spacial score (nSPS) is 13.3. The van der Waals surface area contributed by atoms with Crippen LogP contribution in [0.5, 0.6) is 5.75 Å². The summed E-state index contributed by atoms with van der Waals surface area (Å²) in [6.07, 6.45) is -4.68. The van der Waals surface area contributed by atoms with Crippen molar-refractivity contribution in [1.29, 1.82) is 0 Å². The van der Waals surface area contributed by atoms with Crippen LogP contribution in [0.25, 0.3) is 0 Å². The SMILES string of the molecule is Cc1cc(C(N)c2ccc(OC(F)(F)F)cc2)c(C)s1. The zero-order valence-electron chi connectivity index (χ0n) is 11.0. The molecular formula is C14H14F3NOS. The minimum Gasteiger partial charge on any atom is -0.406 e. The van der Waals surface area contributed by atoms with E-state index in [-0.39, 0.29) is 11.8 Å². The first kappa shape index (κ1) is 14.9. The molecule has 0 radical (unpaired) electrons. The molecule has 2 nitrogen and oxygen atoms in total. The van der Waals surface area contributed by atoms with Crippen molar-refractivity contribution >= 4 is 11.3 Å². The van der Waals surface area contributed by atoms with Crippen LogP contribution in [-0.2, 0) is 0 Å². The van der Waals surface area contributed by atoms with Crippen LogP contribution in [0, 0.1) is 13.8 Å². The van der Waals surface area contributed by atoms with Crippen LogP contribution >= 0.6 is 11.3 Å². The molecule has 0 fully saturated rings. The number of hydrogen-bond acceptors (Lipinski definition) is 3. The van der Waals surface area contributed by atoms with Crippen molar-refractivity contribution in [2.75, 3.05) is 0 Å². The van der Waals surface area contributed by atoms with E-state index in [1.54, 1.807) is 23.5 Å². The predicted molar refractivity (Wildman–Crippen MR) is 72.9 cm³/mol. The maximum absolute atomic E-state index is 12.1. The fraction of sp³-hybridized carbons (Fsp3) is 0.286. The number of halogens is 3. The molecule has 1 heterocycles. The standard InChI is InChI=1S/C14H14F3NOS/c1-8-7-12(9(2)20-8)13(18)10-3-5-11(6-4-10)19-14(15,16)17/h3-7,13H,18H2,1-2H3. The van der Waals surface area contributed by atoms with Crippen molar-refractivity contribution in [3.05, 3.63) is 51.2 Å². The molecule has 0 aliphatic rings. The fourth-order valence-corrected chi connectivity index (χ4v) is 2.99. The van der Waals surface area contributed by atoms with Gasteiger partial charge in [-0.2, -0.15) is 0 Å². The van der Waals surface area contributed by atoms with Crippen molar-refractivity contribution in [1.82, 2.24) is 0 Å². The molecule has 108 valence electrons. The Morgan fingerprint density at radius 1 is 1.15 bits per heavy atom. The van der Waals surface area contributed by atoms with Crippen LogP contribution in [0.4, 0.5) is 13.2 Å². The second-order valence-corrected chi connectivity index (χ2v) is 5.92. The van der Waals surface area contributed by atoms with Crippen molar-refractivity contribution in [3.8, 4) is 5.75 Å². The van der Waals surface area contributed by atoms with E-state index in [1.165, 1.54) is 12.1 Å². The summed E-state index contributed by atoms with van der Waals surface area (Å²) in [4.78, 5) is 2.27. The molecule has 0 bridgehead atoms. The Morgan fingerprint density at radius 2 is 1.75 bits per heavy atom. The highest BCUT2D eigenvalue weighted by Gasteiger charge is 2.31. The number of aryl methyl sites for hydroxylation is 2. The zero-order chi connectivity index (χ0) is 14.9. The largest absolute Gasteiger partial charge is 0.573 e. The van der Waals surface area contributed by atoms with Gasteiger partial charge in [-0.05, 0) is 43.2 Å². The number of nitrogens with two attached hydrogens (primary N) is 1. The third-order valence-corrected chi connectivity index (χ3v) is 3.87. The molecule has 2 aromatic rings. The highest BCUT2D eigenvalue weighted by Crippen LogP contribution is 2.30. The van der Waals surface area contributed by atoms with E-state index in [2.05, 4.69) is 4.74 Å². The van der Waals surface area contributed by atoms with Gasteiger partial charge in [-0.3, -0.25) is 0 Å². The summed E-state index contributed by atoms with van der Waals surface area (Å²) in [5.74, 6) is -0.244. The van der Waals surface area contributed by atoms with Gasteiger partial charge >= 0.3 is 6.36 Å². The summed E-state index contributed by atoms with van der Waals surface area (Å²) in [5, 5.41) is 0. The van der Waals surface area contributed by atoms with Gasteiger partial charge in [0.15, 0.2) is 0 Å². The Hall–Kier alpha value is -1.53. The predicted octanol–water partition coefficient (Wildman–Crippen LogP) is 4.31. The van der Waals surface area contributed by atoms with Crippen molar-refractivity contribution in [2.24, 2.45) is 5.73 Å². The average molecular weight is 301 g/mol. The fourth-order valence-electron chi connectivity index (χ4n) is 2.02. The quantitative estimate of drug-likeness (QED) is 0.916. The number of rotatable bonds is 3. The van der Waals surface area contributed by atoms with Crippen LogP contribution in [0.15, 0.2) is 30.3 Å². The van der Waals surface area contributed by atoms with E-state index in [4.69, 9.17) is 5.73 Å². The average Bonchev–Trinajstić information content (AvgIpc) is 2.66. The van der Waals surface area contributed by atoms with Gasteiger partial charge in [0.05, 0.1) is 6.04 Å². The molecule has 1 aromatic heterocycles. The second-order valence-electron chi connectivity index (χ2n) is 4.46. The lowest BCUT2D eigenvalue weighted by molar-refractivity contribution is -0.274. The van der Waals surface area contributed by atoms with Gasteiger partial charge in [0.1, 0.15) is 5.75 Å². The summed E-state index contributed by atoms with van der Waals surface area (Å²) >= 11 is 1.65. The first-order valence-corrected chi connectivity index (χ1v) is 6.76. The Bertz CT molecular complexity index is 589. The minimum atomic E-state index is -4.68. The van der Waals surface area contributed by atoms with E-state index in [0.717, 1.165) is 20.9 Å². The molecule has 2 rings (SSSR count). The Kier molecular flexibility index (Phi) is 4.06. The monoisotopic (exact) mass is 301 g/mol. The van der Waals surface area contributed by atoms with Crippen LogP contribution in [-0.4, -0.2) is 6.36 Å². The number of alkyl halides is 3. The molecule has 1 atom stereocenters. The van der Waals surface area contributed by atoms with Crippen LogP contribution in [0.3, 0.4) is 0 Å². The molecule has 0 spiro atoms. The topological polar surface area (TPSA) is 35.2 Å². The lowest BCUT2D eigenvalue weighted by Crippen LogP contribution is -2.17. The number of thiophene rings is 1. The summed E-state index contributed by atoms with van der Waals surface area (Å²) in [7, 11) is 0. The summed E-state index contributed by atoms with van der Waals surface area (Å²) in [6.45, 7) is 3.97. The van der Waals surface area contributed by atoms with Crippen molar-refractivity contribution in [3.63, 3.8) is 0 Å². The van der Waals surface area contributed by atoms with E-state index >= 15 is 0 Å². The molecule has 2 N–H and O–H groups in total. The van der Waals surface area contributed by atoms with Gasteiger partial charge in [-0.15, -0.1) is 24.5 Å². The molecule has 20 heavy (non-hydrogen) atoms. The molecule has 0 amide bonds. The molecule has 0 saturated carbocycles. The van der Waals surface area contributed by atoms with Crippen molar-refractivity contribution < 1.29 is 17.9 Å². The van der Waals surface area contributed by atoms with Crippen LogP contribution in [0.2, 0.25) is 0 Å². The molecule has 1 unspecified atom stereocenters. The van der Waals surface area contributed by atoms with Gasteiger partial charge in [-0.1, -0.05) is 12.1 Å². The maximum Gasteiger partial charge on any atom is 0.573 e. The van der Waals surface area contributed by atoms with Crippen LogP contribution in [0.1, 0.15) is 26.9 Å². The highest BCUT2D eigenvalue weighted by molar-refractivity contribution is 7.12. The molecular weight excluding hydrogens is 287 g/mol. The molecule has 6 heteroatoms. The van der Waals surface area contributed by atoms with Crippen molar-refractivity contribution in [2.45, 2.75) is 26.3 Å². The van der Waals surface area contributed by atoms with E-state index in [0.29, 0.717) is 0 Å². The third-order valence-electron chi connectivity index (χ3n) is 2.89. The van der Waals surface area contributed by atoms with Gasteiger partial charge in [0.2, 0.25) is 0 Å². The van der Waals surface area contributed by atoms with E-state index in [9.17, 15) is 13.2 Å². The third kappa shape index (κ3) is 3.52. The summed E-state index contributed by atoms with van der Waals surface area (Å²) in [5.41, 5.74) is 7.90.